The van der Waals surface area contributed by atoms with E-state index in [-0.39, 0.29) is 0 Å². The van der Waals surface area contributed by atoms with Crippen LogP contribution in [-0.4, -0.2) is 94.8 Å². The van der Waals surface area contributed by atoms with Crippen LogP contribution in [0.2, 0.25) is 0 Å². The largest absolute Gasteiger partial charge is 0.490 e. The van der Waals surface area contributed by atoms with Gasteiger partial charge in [-0.3, -0.25) is 4.90 Å². The van der Waals surface area contributed by atoms with Crippen molar-refractivity contribution in [3.63, 3.8) is 0 Å². The number of anilines is 1. The van der Waals surface area contributed by atoms with Gasteiger partial charge in [-0.15, -0.1) is 0 Å². The van der Waals surface area contributed by atoms with Crippen LogP contribution in [0.3, 0.4) is 0 Å². The Morgan fingerprint density at radius 2 is 1.44 bits per heavy atom. The molecule has 2 fully saturated rings. The Labute approximate surface area is 178 Å². The Bertz CT molecular complexity index is 682. The first kappa shape index (κ1) is 27.4. The van der Waals surface area contributed by atoms with Crippen LogP contribution in [-0.2, 0) is 14.3 Å². The van der Waals surface area contributed by atoms with Crippen LogP contribution in [0.5, 0.6) is 0 Å². The number of aromatic nitrogens is 2. The molecule has 3 rings (SSSR count). The zero-order valence-corrected chi connectivity index (χ0v) is 16.6. The first-order chi connectivity index (χ1) is 14.8. The van der Waals surface area contributed by atoms with Gasteiger partial charge in [0.05, 0.1) is 6.10 Å². The maximum absolute atomic E-state index is 10.6. The standard InChI is InChI=1S/C13H20N4O.2C2HF3O2/c1-3-12(18-10-1)11-16-6-8-17(9-7-16)13-14-4-2-5-15-13;2*3-2(4,5)1(6)7/h2,4-5,12H,1,3,6-11H2;2*(H,6,7). The van der Waals surface area contributed by atoms with Crippen molar-refractivity contribution in [1.82, 2.24) is 14.9 Å². The SMILES string of the molecule is O=C(O)C(F)(F)F.O=C(O)C(F)(F)F.c1cnc(N2CCN(CC3CCCO3)CC2)nc1. The van der Waals surface area contributed by atoms with E-state index < -0.39 is 24.3 Å². The number of halogens is 6. The number of carbonyl (C=O) groups is 2. The normalized spacial score (nSPS) is 19.3. The highest BCUT2D eigenvalue weighted by atomic mass is 19.4. The molecule has 0 spiro atoms. The Morgan fingerprint density at radius 1 is 0.969 bits per heavy atom. The van der Waals surface area contributed by atoms with Crippen LogP contribution < -0.4 is 4.90 Å². The molecule has 9 nitrogen and oxygen atoms in total. The van der Waals surface area contributed by atoms with Crippen LogP contribution in [0.25, 0.3) is 0 Å². The van der Waals surface area contributed by atoms with Gasteiger partial charge in [-0.25, -0.2) is 19.6 Å². The molecule has 1 aromatic heterocycles. The van der Waals surface area contributed by atoms with Crippen molar-refractivity contribution in [2.24, 2.45) is 0 Å². The summed E-state index contributed by atoms with van der Waals surface area (Å²) in [5.41, 5.74) is 0. The van der Waals surface area contributed by atoms with Gasteiger partial charge in [0, 0.05) is 51.7 Å². The second-order valence-corrected chi connectivity index (χ2v) is 6.58. The molecule has 2 aliphatic heterocycles. The van der Waals surface area contributed by atoms with Gasteiger partial charge in [0.25, 0.3) is 0 Å². The number of carboxylic acid groups (broad SMARTS) is 2. The van der Waals surface area contributed by atoms with E-state index in [0.29, 0.717) is 6.10 Å². The Morgan fingerprint density at radius 3 is 1.81 bits per heavy atom. The van der Waals surface area contributed by atoms with Gasteiger partial charge in [-0.05, 0) is 18.9 Å². The molecule has 182 valence electrons. The highest BCUT2D eigenvalue weighted by Crippen LogP contribution is 2.16. The molecule has 1 aromatic rings. The Hall–Kier alpha value is -2.68. The fraction of sp³-hybridized carbons (Fsp3) is 0.647. The minimum absolute atomic E-state index is 0.463. The average Bonchev–Trinajstić information content (AvgIpc) is 3.22. The predicted octanol–water partition coefficient (Wildman–Crippen LogP) is 2.04. The lowest BCUT2D eigenvalue weighted by molar-refractivity contribution is -0.193. The second kappa shape index (κ2) is 12.4. The Kier molecular flexibility index (Phi) is 10.6. The minimum Gasteiger partial charge on any atom is -0.475 e. The van der Waals surface area contributed by atoms with Crippen molar-refractivity contribution in [2.45, 2.75) is 31.3 Å². The summed E-state index contributed by atoms with van der Waals surface area (Å²) in [7, 11) is 0. The smallest absolute Gasteiger partial charge is 0.475 e. The van der Waals surface area contributed by atoms with Crippen LogP contribution in [0.15, 0.2) is 18.5 Å². The van der Waals surface area contributed by atoms with Crippen molar-refractivity contribution >= 4 is 17.9 Å². The summed E-state index contributed by atoms with van der Waals surface area (Å²) in [5.74, 6) is -4.66. The number of alkyl halides is 6. The molecule has 32 heavy (non-hydrogen) atoms. The highest BCUT2D eigenvalue weighted by Gasteiger charge is 2.38. The molecular formula is C17H22F6N4O5. The molecule has 3 heterocycles. The number of hydrogen-bond acceptors (Lipinski definition) is 7. The number of carboxylic acids is 2. The number of rotatable bonds is 3. The van der Waals surface area contributed by atoms with E-state index in [4.69, 9.17) is 24.5 Å². The molecule has 15 heteroatoms. The third-order valence-corrected chi connectivity index (χ3v) is 4.18. The lowest BCUT2D eigenvalue weighted by Crippen LogP contribution is -2.49. The minimum atomic E-state index is -5.08. The van der Waals surface area contributed by atoms with E-state index in [2.05, 4.69) is 19.8 Å². The van der Waals surface area contributed by atoms with Gasteiger partial charge in [-0.2, -0.15) is 26.3 Å². The molecule has 0 saturated carbocycles. The summed E-state index contributed by atoms with van der Waals surface area (Å²) in [5, 5.41) is 14.2. The van der Waals surface area contributed by atoms with Gasteiger partial charge < -0.3 is 19.8 Å². The molecule has 0 aliphatic carbocycles. The summed E-state index contributed by atoms with van der Waals surface area (Å²) in [6.45, 7) is 6.22. The van der Waals surface area contributed by atoms with Crippen molar-refractivity contribution in [1.29, 1.82) is 0 Å². The molecule has 0 bridgehead atoms. The summed E-state index contributed by atoms with van der Waals surface area (Å²) >= 11 is 0. The fourth-order valence-electron chi connectivity index (χ4n) is 2.66. The van der Waals surface area contributed by atoms with Gasteiger partial charge in [0.2, 0.25) is 5.95 Å². The maximum Gasteiger partial charge on any atom is 0.490 e. The molecular weight excluding hydrogens is 454 g/mol. The van der Waals surface area contributed by atoms with Crippen molar-refractivity contribution in [2.75, 3.05) is 44.2 Å². The van der Waals surface area contributed by atoms with Crippen LogP contribution in [0.1, 0.15) is 12.8 Å². The molecule has 0 aromatic carbocycles. The van der Waals surface area contributed by atoms with Crippen molar-refractivity contribution in [3.05, 3.63) is 18.5 Å². The topological polar surface area (TPSA) is 116 Å². The summed E-state index contributed by atoms with van der Waals surface area (Å²) in [6.07, 6.45) is -3.64. The molecule has 0 amide bonds. The van der Waals surface area contributed by atoms with Crippen molar-refractivity contribution < 1.29 is 50.9 Å². The number of piperazine rings is 1. The molecule has 1 atom stereocenters. The van der Waals surface area contributed by atoms with E-state index in [1.807, 2.05) is 6.07 Å². The van der Waals surface area contributed by atoms with Gasteiger partial charge in [-0.1, -0.05) is 0 Å². The molecule has 2 saturated heterocycles. The zero-order valence-electron chi connectivity index (χ0n) is 16.6. The van der Waals surface area contributed by atoms with Crippen LogP contribution in [0, 0.1) is 0 Å². The number of ether oxygens (including phenoxy) is 1. The zero-order chi connectivity index (χ0) is 24.4. The molecule has 2 N–H and O–H groups in total. The third kappa shape index (κ3) is 10.6. The van der Waals surface area contributed by atoms with Crippen LogP contribution >= 0.6 is 0 Å². The van der Waals surface area contributed by atoms with Gasteiger partial charge in [0.15, 0.2) is 0 Å². The lowest BCUT2D eigenvalue weighted by atomic mass is 10.2. The monoisotopic (exact) mass is 476 g/mol. The van der Waals surface area contributed by atoms with Gasteiger partial charge >= 0.3 is 24.3 Å². The van der Waals surface area contributed by atoms with E-state index in [9.17, 15) is 26.3 Å². The van der Waals surface area contributed by atoms with Crippen LogP contribution in [0.4, 0.5) is 32.3 Å². The maximum atomic E-state index is 10.6. The average molecular weight is 476 g/mol. The third-order valence-electron chi connectivity index (χ3n) is 4.18. The van der Waals surface area contributed by atoms with E-state index >= 15 is 0 Å². The van der Waals surface area contributed by atoms with Gasteiger partial charge in [0.1, 0.15) is 0 Å². The summed E-state index contributed by atoms with van der Waals surface area (Å²) in [6, 6.07) is 1.86. The predicted molar refractivity (Wildman–Crippen MR) is 97.0 cm³/mol. The Balaban J connectivity index is 0.000000305. The second-order valence-electron chi connectivity index (χ2n) is 6.58. The van der Waals surface area contributed by atoms with E-state index in [0.717, 1.165) is 45.3 Å². The number of aliphatic carboxylic acids is 2. The van der Waals surface area contributed by atoms with E-state index in [1.54, 1.807) is 12.4 Å². The summed E-state index contributed by atoms with van der Waals surface area (Å²) < 4.78 is 69.2. The summed E-state index contributed by atoms with van der Waals surface area (Å²) in [4.78, 5) is 31.1. The van der Waals surface area contributed by atoms with E-state index in [1.165, 1.54) is 12.8 Å². The quantitative estimate of drug-likeness (QED) is 0.633. The van der Waals surface area contributed by atoms with Crippen molar-refractivity contribution in [3.8, 4) is 0 Å². The molecule has 2 aliphatic rings. The fourth-order valence-corrected chi connectivity index (χ4v) is 2.66. The number of hydrogen-bond donors (Lipinski definition) is 2. The first-order valence-corrected chi connectivity index (χ1v) is 9.27. The highest BCUT2D eigenvalue weighted by molar-refractivity contribution is 5.73. The molecule has 0 radical (unpaired) electrons. The molecule has 1 unspecified atom stereocenters. The number of nitrogens with zero attached hydrogens (tertiary/aromatic N) is 4. The first-order valence-electron chi connectivity index (χ1n) is 9.27. The lowest BCUT2D eigenvalue weighted by Gasteiger charge is -2.35.